The Bertz CT molecular complexity index is 289. The van der Waals surface area contributed by atoms with Gasteiger partial charge in [0, 0.05) is 6.42 Å². The summed E-state index contributed by atoms with van der Waals surface area (Å²) in [5, 5.41) is 9.10. The number of aliphatic hydroxyl groups excluding tert-OH is 1. The van der Waals surface area contributed by atoms with Crippen molar-refractivity contribution in [3.05, 3.63) is 47.7 Å². The predicted octanol–water partition coefficient (Wildman–Crippen LogP) is 3.25. The van der Waals surface area contributed by atoms with Gasteiger partial charge in [0.1, 0.15) is 0 Å². The third-order valence-electron chi connectivity index (χ3n) is 2.03. The van der Waals surface area contributed by atoms with Crippen LogP contribution in [0.15, 0.2) is 36.6 Å². The van der Waals surface area contributed by atoms with E-state index in [1.54, 1.807) is 0 Å². The van der Waals surface area contributed by atoms with Crippen molar-refractivity contribution >= 4 is 0 Å². The van der Waals surface area contributed by atoms with Gasteiger partial charge in [-0.3, -0.25) is 0 Å². The SMILES string of the molecule is C=C(O)Cc1ccccc1CCC. The number of benzene rings is 1. The summed E-state index contributed by atoms with van der Waals surface area (Å²) in [6.07, 6.45) is 2.79. The fourth-order valence-corrected chi connectivity index (χ4v) is 1.46. The lowest BCUT2D eigenvalue weighted by Gasteiger charge is -2.06. The molecule has 0 aromatic heterocycles. The summed E-state index contributed by atoms with van der Waals surface area (Å²) < 4.78 is 0. The first-order valence-corrected chi connectivity index (χ1v) is 4.67. The minimum Gasteiger partial charge on any atom is -0.513 e. The number of allylic oxidation sites excluding steroid dienone is 1. The predicted molar refractivity (Wildman–Crippen MR) is 55.9 cm³/mol. The van der Waals surface area contributed by atoms with Gasteiger partial charge in [0.2, 0.25) is 0 Å². The maximum absolute atomic E-state index is 9.10. The number of rotatable bonds is 4. The Morgan fingerprint density at radius 2 is 1.92 bits per heavy atom. The van der Waals surface area contributed by atoms with E-state index >= 15 is 0 Å². The van der Waals surface area contributed by atoms with Crippen molar-refractivity contribution in [3.8, 4) is 0 Å². The molecule has 1 aromatic carbocycles. The monoisotopic (exact) mass is 176 g/mol. The zero-order valence-corrected chi connectivity index (χ0v) is 8.09. The van der Waals surface area contributed by atoms with E-state index in [0.29, 0.717) is 6.42 Å². The highest BCUT2D eigenvalue weighted by Gasteiger charge is 2.01. The van der Waals surface area contributed by atoms with Crippen LogP contribution in [0, 0.1) is 0 Å². The molecule has 0 aliphatic carbocycles. The second-order valence-corrected chi connectivity index (χ2v) is 3.26. The van der Waals surface area contributed by atoms with Crippen molar-refractivity contribution < 1.29 is 5.11 Å². The van der Waals surface area contributed by atoms with Crippen molar-refractivity contribution in [1.82, 2.24) is 0 Å². The van der Waals surface area contributed by atoms with E-state index in [1.807, 2.05) is 18.2 Å². The van der Waals surface area contributed by atoms with E-state index in [4.69, 9.17) is 5.11 Å². The van der Waals surface area contributed by atoms with Crippen LogP contribution >= 0.6 is 0 Å². The summed E-state index contributed by atoms with van der Waals surface area (Å²) in [6.45, 7) is 5.66. The van der Waals surface area contributed by atoms with Crippen LogP contribution in [0.4, 0.5) is 0 Å². The second-order valence-electron chi connectivity index (χ2n) is 3.26. The molecule has 1 N–H and O–H groups in total. The maximum Gasteiger partial charge on any atom is 0.0894 e. The Hall–Kier alpha value is -1.24. The molecule has 1 nitrogen and oxygen atoms in total. The first-order valence-electron chi connectivity index (χ1n) is 4.67. The first-order chi connectivity index (χ1) is 6.24. The van der Waals surface area contributed by atoms with Crippen molar-refractivity contribution in [2.75, 3.05) is 0 Å². The summed E-state index contributed by atoms with van der Waals surface area (Å²) in [5.41, 5.74) is 2.51. The molecule has 70 valence electrons. The summed E-state index contributed by atoms with van der Waals surface area (Å²) in [4.78, 5) is 0. The highest BCUT2D eigenvalue weighted by atomic mass is 16.3. The van der Waals surface area contributed by atoms with Gasteiger partial charge in [0.15, 0.2) is 0 Å². The lowest BCUT2D eigenvalue weighted by molar-refractivity contribution is 0.401. The third kappa shape index (κ3) is 2.94. The molecule has 0 fully saturated rings. The van der Waals surface area contributed by atoms with Crippen LogP contribution < -0.4 is 0 Å². The lowest BCUT2D eigenvalue weighted by atomic mass is 10.0. The fraction of sp³-hybridized carbons (Fsp3) is 0.333. The van der Waals surface area contributed by atoms with Gasteiger partial charge in [-0.25, -0.2) is 0 Å². The van der Waals surface area contributed by atoms with Gasteiger partial charge in [-0.2, -0.15) is 0 Å². The molecule has 0 bridgehead atoms. The Balaban J connectivity index is 2.84. The Morgan fingerprint density at radius 1 is 1.31 bits per heavy atom. The Kier molecular flexibility index (Phi) is 3.56. The van der Waals surface area contributed by atoms with Crippen LogP contribution in [0.3, 0.4) is 0 Å². The zero-order valence-electron chi connectivity index (χ0n) is 8.09. The number of aliphatic hydroxyl groups is 1. The van der Waals surface area contributed by atoms with Crippen LogP contribution in [0.25, 0.3) is 0 Å². The lowest BCUT2D eigenvalue weighted by Crippen LogP contribution is -1.95. The van der Waals surface area contributed by atoms with Crippen molar-refractivity contribution in [3.63, 3.8) is 0 Å². The van der Waals surface area contributed by atoms with Crippen molar-refractivity contribution in [2.24, 2.45) is 0 Å². The summed E-state index contributed by atoms with van der Waals surface area (Å²) >= 11 is 0. The van der Waals surface area contributed by atoms with Gasteiger partial charge < -0.3 is 5.11 Å². The van der Waals surface area contributed by atoms with Crippen LogP contribution in [-0.4, -0.2) is 5.11 Å². The van der Waals surface area contributed by atoms with Crippen LogP contribution in [0.1, 0.15) is 24.5 Å². The van der Waals surface area contributed by atoms with Crippen LogP contribution in [0.5, 0.6) is 0 Å². The molecule has 0 unspecified atom stereocenters. The highest BCUT2D eigenvalue weighted by Crippen LogP contribution is 2.13. The summed E-state index contributed by atoms with van der Waals surface area (Å²) in [6, 6.07) is 8.19. The normalized spacial score (nSPS) is 9.92. The smallest absolute Gasteiger partial charge is 0.0894 e. The number of hydrogen-bond acceptors (Lipinski definition) is 1. The van der Waals surface area contributed by atoms with E-state index in [-0.39, 0.29) is 5.76 Å². The molecule has 13 heavy (non-hydrogen) atoms. The topological polar surface area (TPSA) is 20.2 Å². The molecule has 0 spiro atoms. The summed E-state index contributed by atoms with van der Waals surface area (Å²) in [7, 11) is 0. The van der Waals surface area contributed by atoms with E-state index in [2.05, 4.69) is 19.6 Å². The van der Waals surface area contributed by atoms with Gasteiger partial charge in [-0.1, -0.05) is 44.2 Å². The molecule has 0 heterocycles. The summed E-state index contributed by atoms with van der Waals surface area (Å²) in [5.74, 6) is 0.239. The van der Waals surface area contributed by atoms with E-state index < -0.39 is 0 Å². The standard InChI is InChI=1S/C12H16O/c1-3-6-11-7-4-5-8-12(11)9-10(2)13/h4-5,7-8,13H,2-3,6,9H2,1H3. The molecule has 1 aromatic rings. The molecule has 0 saturated heterocycles. The molecular weight excluding hydrogens is 160 g/mol. The van der Waals surface area contributed by atoms with E-state index in [0.717, 1.165) is 12.8 Å². The van der Waals surface area contributed by atoms with E-state index in [1.165, 1.54) is 11.1 Å². The first kappa shape index (κ1) is 9.85. The van der Waals surface area contributed by atoms with Crippen LogP contribution in [-0.2, 0) is 12.8 Å². The molecule has 0 aliphatic heterocycles. The molecule has 0 aliphatic rings. The second kappa shape index (κ2) is 4.70. The average Bonchev–Trinajstić information content (AvgIpc) is 2.08. The largest absolute Gasteiger partial charge is 0.513 e. The minimum atomic E-state index is 0.239. The molecule has 1 heteroatoms. The molecule has 0 saturated carbocycles. The van der Waals surface area contributed by atoms with Crippen molar-refractivity contribution in [1.29, 1.82) is 0 Å². The van der Waals surface area contributed by atoms with Gasteiger partial charge in [-0.15, -0.1) is 0 Å². The van der Waals surface area contributed by atoms with Gasteiger partial charge >= 0.3 is 0 Å². The number of aryl methyl sites for hydroxylation is 1. The molecule has 0 atom stereocenters. The molecule has 0 radical (unpaired) electrons. The van der Waals surface area contributed by atoms with Crippen molar-refractivity contribution in [2.45, 2.75) is 26.2 Å². The average molecular weight is 176 g/mol. The zero-order chi connectivity index (χ0) is 9.68. The van der Waals surface area contributed by atoms with Gasteiger partial charge in [0.25, 0.3) is 0 Å². The molecular formula is C12H16O. The van der Waals surface area contributed by atoms with Gasteiger partial charge in [0.05, 0.1) is 5.76 Å². The Labute approximate surface area is 79.7 Å². The molecule has 1 rings (SSSR count). The molecule has 0 amide bonds. The number of hydrogen-bond donors (Lipinski definition) is 1. The van der Waals surface area contributed by atoms with E-state index in [9.17, 15) is 0 Å². The Morgan fingerprint density at radius 3 is 2.46 bits per heavy atom. The third-order valence-corrected chi connectivity index (χ3v) is 2.03. The quantitative estimate of drug-likeness (QED) is 0.698. The van der Waals surface area contributed by atoms with Gasteiger partial charge in [-0.05, 0) is 17.5 Å². The minimum absolute atomic E-state index is 0.239. The fourth-order valence-electron chi connectivity index (χ4n) is 1.46. The maximum atomic E-state index is 9.10. The highest BCUT2D eigenvalue weighted by molar-refractivity contribution is 5.29. The van der Waals surface area contributed by atoms with Crippen LogP contribution in [0.2, 0.25) is 0 Å².